The summed E-state index contributed by atoms with van der Waals surface area (Å²) in [6.07, 6.45) is 3.59. The SMILES string of the molecule is CCOc1ccc(N(CCC#N)C(=O)/C=C/c2ccc(Br)s2)cc1. The van der Waals surface area contributed by atoms with E-state index in [1.807, 2.05) is 43.3 Å². The molecule has 0 aliphatic rings. The number of anilines is 1. The van der Waals surface area contributed by atoms with Crippen LogP contribution in [-0.2, 0) is 4.79 Å². The van der Waals surface area contributed by atoms with E-state index in [-0.39, 0.29) is 12.3 Å². The summed E-state index contributed by atoms with van der Waals surface area (Å²) >= 11 is 4.95. The number of carbonyl (C=O) groups excluding carboxylic acids is 1. The van der Waals surface area contributed by atoms with Crippen molar-refractivity contribution in [3.05, 3.63) is 51.1 Å². The summed E-state index contributed by atoms with van der Waals surface area (Å²) in [6, 6.07) is 13.3. The van der Waals surface area contributed by atoms with Crippen molar-refractivity contribution in [2.24, 2.45) is 0 Å². The Morgan fingerprint density at radius 3 is 2.67 bits per heavy atom. The summed E-state index contributed by atoms with van der Waals surface area (Å²) in [6.45, 7) is 2.86. The molecule has 0 aliphatic heterocycles. The fraction of sp³-hybridized carbons (Fsp3) is 0.222. The fourth-order valence-electron chi connectivity index (χ4n) is 2.08. The Hall–Kier alpha value is -2.10. The van der Waals surface area contributed by atoms with Gasteiger partial charge in [-0.25, -0.2) is 0 Å². The Morgan fingerprint density at radius 1 is 1.33 bits per heavy atom. The molecule has 1 amide bonds. The van der Waals surface area contributed by atoms with Gasteiger partial charge in [-0.05, 0) is 65.3 Å². The minimum Gasteiger partial charge on any atom is -0.494 e. The highest BCUT2D eigenvalue weighted by molar-refractivity contribution is 9.11. The van der Waals surface area contributed by atoms with Crippen LogP contribution in [0.4, 0.5) is 5.69 Å². The van der Waals surface area contributed by atoms with Crippen LogP contribution in [0.2, 0.25) is 0 Å². The van der Waals surface area contributed by atoms with Gasteiger partial charge in [-0.3, -0.25) is 4.79 Å². The summed E-state index contributed by atoms with van der Waals surface area (Å²) in [5, 5.41) is 8.84. The van der Waals surface area contributed by atoms with Crippen LogP contribution < -0.4 is 9.64 Å². The number of ether oxygens (including phenoxy) is 1. The maximum Gasteiger partial charge on any atom is 0.251 e. The number of carbonyl (C=O) groups is 1. The van der Waals surface area contributed by atoms with E-state index < -0.39 is 0 Å². The first-order valence-corrected chi connectivity index (χ1v) is 9.09. The topological polar surface area (TPSA) is 53.3 Å². The molecule has 0 fully saturated rings. The van der Waals surface area contributed by atoms with Crippen molar-refractivity contribution < 1.29 is 9.53 Å². The van der Waals surface area contributed by atoms with Crippen LogP contribution in [0.25, 0.3) is 6.08 Å². The van der Waals surface area contributed by atoms with Crippen LogP contribution in [-0.4, -0.2) is 19.1 Å². The lowest BCUT2D eigenvalue weighted by Gasteiger charge is -2.20. The molecule has 0 atom stereocenters. The van der Waals surface area contributed by atoms with Gasteiger partial charge in [-0.1, -0.05) is 0 Å². The molecule has 0 N–H and O–H groups in total. The fourth-order valence-corrected chi connectivity index (χ4v) is 3.40. The first kappa shape index (κ1) is 18.2. The maximum absolute atomic E-state index is 12.5. The first-order valence-electron chi connectivity index (χ1n) is 7.48. The Morgan fingerprint density at radius 2 is 2.08 bits per heavy atom. The van der Waals surface area contributed by atoms with Crippen molar-refractivity contribution in [3.63, 3.8) is 0 Å². The molecule has 1 aromatic carbocycles. The highest BCUT2D eigenvalue weighted by Gasteiger charge is 2.13. The van der Waals surface area contributed by atoms with Gasteiger partial charge in [0.05, 0.1) is 22.9 Å². The van der Waals surface area contributed by atoms with Crippen LogP contribution in [0.3, 0.4) is 0 Å². The number of thiophene rings is 1. The molecular weight excluding hydrogens is 388 g/mol. The summed E-state index contributed by atoms with van der Waals surface area (Å²) < 4.78 is 6.43. The van der Waals surface area contributed by atoms with Crippen molar-refractivity contribution in [1.29, 1.82) is 5.26 Å². The van der Waals surface area contributed by atoms with Crippen molar-refractivity contribution in [2.75, 3.05) is 18.1 Å². The van der Waals surface area contributed by atoms with Crippen molar-refractivity contribution in [1.82, 2.24) is 0 Å². The molecule has 2 aromatic rings. The van der Waals surface area contributed by atoms with Gasteiger partial charge in [0.2, 0.25) is 0 Å². The lowest BCUT2D eigenvalue weighted by Crippen LogP contribution is -2.30. The average Bonchev–Trinajstić information content (AvgIpc) is 3.00. The van der Waals surface area contributed by atoms with Gasteiger partial charge in [0.15, 0.2) is 0 Å². The number of nitrogens with zero attached hydrogens (tertiary/aromatic N) is 2. The Kier molecular flexibility index (Phi) is 7.04. The molecule has 0 saturated heterocycles. The van der Waals surface area contributed by atoms with E-state index in [4.69, 9.17) is 10.00 Å². The highest BCUT2D eigenvalue weighted by atomic mass is 79.9. The highest BCUT2D eigenvalue weighted by Crippen LogP contribution is 2.24. The van der Waals surface area contributed by atoms with Crippen molar-refractivity contribution >= 4 is 44.9 Å². The van der Waals surface area contributed by atoms with Gasteiger partial charge < -0.3 is 9.64 Å². The van der Waals surface area contributed by atoms with E-state index >= 15 is 0 Å². The predicted octanol–water partition coefficient (Wildman–Crippen LogP) is 4.87. The zero-order chi connectivity index (χ0) is 17.4. The van der Waals surface area contributed by atoms with Crippen LogP contribution in [0, 0.1) is 11.3 Å². The number of hydrogen-bond acceptors (Lipinski definition) is 4. The van der Waals surface area contributed by atoms with Gasteiger partial charge in [0, 0.05) is 23.2 Å². The lowest BCUT2D eigenvalue weighted by atomic mass is 10.2. The molecule has 0 radical (unpaired) electrons. The van der Waals surface area contributed by atoms with Crippen LogP contribution in [0.5, 0.6) is 5.75 Å². The number of rotatable bonds is 7. The van der Waals surface area contributed by atoms with Crippen LogP contribution >= 0.6 is 27.3 Å². The number of halogens is 1. The zero-order valence-electron chi connectivity index (χ0n) is 13.2. The number of amides is 1. The third-order valence-corrected chi connectivity index (χ3v) is 4.75. The quantitative estimate of drug-likeness (QED) is 0.618. The van der Waals surface area contributed by atoms with E-state index in [0.717, 1.165) is 20.1 Å². The van der Waals surface area contributed by atoms with Gasteiger partial charge in [0.1, 0.15) is 5.75 Å². The minimum absolute atomic E-state index is 0.154. The smallest absolute Gasteiger partial charge is 0.251 e. The van der Waals surface area contributed by atoms with E-state index in [2.05, 4.69) is 22.0 Å². The molecule has 0 bridgehead atoms. The summed E-state index contributed by atoms with van der Waals surface area (Å²) in [4.78, 5) is 15.1. The maximum atomic E-state index is 12.5. The zero-order valence-corrected chi connectivity index (χ0v) is 15.6. The molecule has 1 aromatic heterocycles. The number of nitriles is 1. The second-order valence-electron chi connectivity index (χ2n) is 4.80. The first-order chi connectivity index (χ1) is 11.6. The Labute approximate surface area is 154 Å². The average molecular weight is 405 g/mol. The monoisotopic (exact) mass is 404 g/mol. The summed E-state index contributed by atoms with van der Waals surface area (Å²) in [5.41, 5.74) is 0.746. The largest absolute Gasteiger partial charge is 0.494 e. The second kappa shape index (κ2) is 9.26. The molecule has 1 heterocycles. The molecule has 0 spiro atoms. The Bertz CT molecular complexity index is 747. The van der Waals surface area contributed by atoms with E-state index in [0.29, 0.717) is 13.2 Å². The van der Waals surface area contributed by atoms with Gasteiger partial charge in [0.25, 0.3) is 5.91 Å². The predicted molar refractivity (Wildman–Crippen MR) is 101 cm³/mol. The molecule has 24 heavy (non-hydrogen) atoms. The van der Waals surface area contributed by atoms with Gasteiger partial charge in [-0.15, -0.1) is 11.3 Å². The normalized spacial score (nSPS) is 10.5. The van der Waals surface area contributed by atoms with Crippen LogP contribution in [0.1, 0.15) is 18.2 Å². The third kappa shape index (κ3) is 5.22. The number of hydrogen-bond donors (Lipinski definition) is 0. The van der Waals surface area contributed by atoms with Gasteiger partial charge in [-0.2, -0.15) is 5.26 Å². The standard InChI is InChI=1S/C18H17BrN2O2S/c1-2-23-15-6-4-14(5-7-15)21(13-3-12-20)18(22)11-9-16-8-10-17(19)24-16/h4-11H,2-3,13H2,1H3/b11-9+. The van der Waals surface area contributed by atoms with Gasteiger partial charge >= 0.3 is 0 Å². The lowest BCUT2D eigenvalue weighted by molar-refractivity contribution is -0.114. The van der Waals surface area contributed by atoms with E-state index in [9.17, 15) is 4.79 Å². The number of benzene rings is 1. The second-order valence-corrected chi connectivity index (χ2v) is 7.29. The molecule has 6 heteroatoms. The Balaban J connectivity index is 2.15. The molecule has 0 aliphatic carbocycles. The summed E-state index contributed by atoms with van der Waals surface area (Å²) in [5.74, 6) is 0.604. The molecule has 124 valence electrons. The molecule has 2 rings (SSSR count). The van der Waals surface area contributed by atoms with Crippen LogP contribution in [0.15, 0.2) is 46.3 Å². The molecular formula is C18H17BrN2O2S. The molecule has 0 unspecified atom stereocenters. The minimum atomic E-state index is -0.154. The van der Waals surface area contributed by atoms with E-state index in [1.165, 1.54) is 6.08 Å². The van der Waals surface area contributed by atoms with Crippen molar-refractivity contribution in [3.8, 4) is 11.8 Å². The third-order valence-electron chi connectivity index (χ3n) is 3.16. The molecule has 4 nitrogen and oxygen atoms in total. The van der Waals surface area contributed by atoms with Crippen molar-refractivity contribution in [2.45, 2.75) is 13.3 Å². The summed E-state index contributed by atoms with van der Waals surface area (Å²) in [7, 11) is 0. The molecule has 0 saturated carbocycles. The van der Waals surface area contributed by atoms with E-state index in [1.54, 1.807) is 22.3 Å².